The van der Waals surface area contributed by atoms with Crippen molar-refractivity contribution in [3.05, 3.63) is 30.3 Å². The second-order valence-electron chi connectivity index (χ2n) is 4.73. The lowest BCUT2D eigenvalue weighted by Crippen LogP contribution is -2.37. The summed E-state index contributed by atoms with van der Waals surface area (Å²) < 4.78 is 5.43. The Labute approximate surface area is 108 Å². The molecule has 0 saturated carbocycles. The van der Waals surface area contributed by atoms with Crippen molar-refractivity contribution in [2.45, 2.75) is 24.2 Å². The van der Waals surface area contributed by atoms with Crippen LogP contribution in [0.1, 0.15) is 19.3 Å². The minimum atomic E-state index is 0.333. The van der Waals surface area contributed by atoms with Crippen LogP contribution in [-0.4, -0.2) is 25.5 Å². The van der Waals surface area contributed by atoms with Crippen LogP contribution in [0.15, 0.2) is 35.2 Å². The van der Waals surface area contributed by atoms with Gasteiger partial charge in [0.05, 0.1) is 0 Å². The van der Waals surface area contributed by atoms with Gasteiger partial charge in [-0.1, -0.05) is 18.2 Å². The lowest BCUT2D eigenvalue weighted by Gasteiger charge is -2.36. The van der Waals surface area contributed by atoms with Crippen molar-refractivity contribution >= 4 is 11.8 Å². The van der Waals surface area contributed by atoms with E-state index in [1.807, 2.05) is 11.8 Å². The van der Waals surface area contributed by atoms with Crippen LogP contribution in [-0.2, 0) is 4.74 Å². The zero-order valence-electron chi connectivity index (χ0n) is 10.2. The van der Waals surface area contributed by atoms with Gasteiger partial charge in [0.25, 0.3) is 0 Å². The third-order valence-corrected chi connectivity index (χ3v) is 4.64. The first-order valence-corrected chi connectivity index (χ1v) is 7.29. The lowest BCUT2D eigenvalue weighted by molar-refractivity contribution is 0.0177. The molecule has 3 heteroatoms. The highest BCUT2D eigenvalue weighted by molar-refractivity contribution is 7.99. The molecule has 17 heavy (non-hydrogen) atoms. The minimum absolute atomic E-state index is 0.333. The maximum Gasteiger partial charge on any atom is 0.0471 e. The average molecular weight is 251 g/mol. The first kappa shape index (κ1) is 12.9. The SMILES string of the molecule is NCC1(CCSc2ccccc2)CCOCC1. The molecule has 1 aliphatic heterocycles. The maximum atomic E-state index is 5.95. The highest BCUT2D eigenvalue weighted by atomic mass is 32.2. The molecule has 1 saturated heterocycles. The molecule has 0 bridgehead atoms. The maximum absolute atomic E-state index is 5.95. The molecule has 2 nitrogen and oxygen atoms in total. The normalized spacial score (nSPS) is 19.1. The topological polar surface area (TPSA) is 35.2 Å². The van der Waals surface area contributed by atoms with Crippen LogP contribution in [0.5, 0.6) is 0 Å². The molecule has 2 rings (SSSR count). The van der Waals surface area contributed by atoms with Crippen molar-refractivity contribution in [3.8, 4) is 0 Å². The van der Waals surface area contributed by atoms with Gasteiger partial charge < -0.3 is 10.5 Å². The average Bonchev–Trinajstić information content (AvgIpc) is 2.41. The van der Waals surface area contributed by atoms with Crippen LogP contribution in [0.4, 0.5) is 0 Å². The predicted octanol–water partition coefficient (Wildman–Crippen LogP) is 2.92. The van der Waals surface area contributed by atoms with Crippen molar-refractivity contribution in [1.29, 1.82) is 0 Å². The summed E-state index contributed by atoms with van der Waals surface area (Å²) >= 11 is 1.93. The zero-order valence-corrected chi connectivity index (χ0v) is 11.0. The standard InChI is InChI=1S/C14H21NOS/c15-12-14(6-9-16-10-7-14)8-11-17-13-4-2-1-3-5-13/h1-5H,6-12,15H2. The van der Waals surface area contributed by atoms with Gasteiger partial charge >= 0.3 is 0 Å². The van der Waals surface area contributed by atoms with E-state index in [1.165, 1.54) is 11.3 Å². The summed E-state index contributed by atoms with van der Waals surface area (Å²) in [6.45, 7) is 2.56. The molecule has 1 fully saturated rings. The van der Waals surface area contributed by atoms with Crippen LogP contribution in [0.2, 0.25) is 0 Å². The van der Waals surface area contributed by atoms with E-state index in [0.717, 1.165) is 38.4 Å². The summed E-state index contributed by atoms with van der Waals surface area (Å²) in [5.74, 6) is 1.15. The summed E-state index contributed by atoms with van der Waals surface area (Å²) in [6, 6.07) is 10.6. The largest absolute Gasteiger partial charge is 0.381 e. The fraction of sp³-hybridized carbons (Fsp3) is 0.571. The molecule has 94 valence electrons. The van der Waals surface area contributed by atoms with Crippen LogP contribution < -0.4 is 5.73 Å². The number of hydrogen-bond acceptors (Lipinski definition) is 3. The lowest BCUT2D eigenvalue weighted by atomic mass is 9.78. The van der Waals surface area contributed by atoms with E-state index in [2.05, 4.69) is 30.3 Å². The minimum Gasteiger partial charge on any atom is -0.381 e. The van der Waals surface area contributed by atoms with Gasteiger partial charge in [-0.15, -0.1) is 11.8 Å². The summed E-state index contributed by atoms with van der Waals surface area (Å²) in [6.07, 6.45) is 3.45. The van der Waals surface area contributed by atoms with E-state index < -0.39 is 0 Å². The molecular formula is C14H21NOS. The molecule has 1 aliphatic rings. The van der Waals surface area contributed by atoms with E-state index in [0.29, 0.717) is 5.41 Å². The second kappa shape index (κ2) is 6.43. The van der Waals surface area contributed by atoms with Gasteiger partial charge in [-0.2, -0.15) is 0 Å². The molecule has 0 unspecified atom stereocenters. The first-order valence-electron chi connectivity index (χ1n) is 6.30. The summed E-state index contributed by atoms with van der Waals surface area (Å²) in [7, 11) is 0. The Morgan fingerprint density at radius 2 is 1.88 bits per heavy atom. The molecule has 0 spiro atoms. The van der Waals surface area contributed by atoms with Crippen molar-refractivity contribution in [1.82, 2.24) is 0 Å². The van der Waals surface area contributed by atoms with Crippen molar-refractivity contribution in [3.63, 3.8) is 0 Å². The molecule has 1 aromatic carbocycles. The number of nitrogens with two attached hydrogens (primary N) is 1. The molecule has 1 aromatic rings. The molecule has 0 amide bonds. The van der Waals surface area contributed by atoms with E-state index in [-0.39, 0.29) is 0 Å². The van der Waals surface area contributed by atoms with Crippen molar-refractivity contribution < 1.29 is 4.74 Å². The third kappa shape index (κ3) is 3.73. The number of ether oxygens (including phenoxy) is 1. The molecule has 2 N–H and O–H groups in total. The summed E-state index contributed by atoms with van der Waals surface area (Å²) in [5.41, 5.74) is 6.29. The first-order chi connectivity index (χ1) is 8.35. The molecule has 0 radical (unpaired) electrons. The van der Waals surface area contributed by atoms with Crippen molar-refractivity contribution in [2.75, 3.05) is 25.5 Å². The Kier molecular flexibility index (Phi) is 4.89. The highest BCUT2D eigenvalue weighted by Gasteiger charge is 2.30. The van der Waals surface area contributed by atoms with Gasteiger partial charge in [0.15, 0.2) is 0 Å². The molecule has 0 atom stereocenters. The summed E-state index contributed by atoms with van der Waals surface area (Å²) in [5, 5.41) is 0. The van der Waals surface area contributed by atoms with Crippen LogP contribution in [0.25, 0.3) is 0 Å². The molecule has 0 aliphatic carbocycles. The van der Waals surface area contributed by atoms with Crippen LogP contribution in [0, 0.1) is 5.41 Å². The Bertz CT molecular complexity index is 322. The zero-order chi connectivity index (χ0) is 12.0. The number of thioether (sulfide) groups is 1. The fourth-order valence-corrected chi connectivity index (χ4v) is 3.38. The van der Waals surface area contributed by atoms with Gasteiger partial charge in [-0.25, -0.2) is 0 Å². The summed E-state index contributed by atoms with van der Waals surface area (Å²) in [4.78, 5) is 1.35. The Hall–Kier alpha value is -0.510. The van der Waals surface area contributed by atoms with Gasteiger partial charge in [-0.05, 0) is 49.1 Å². The Balaban J connectivity index is 1.80. The van der Waals surface area contributed by atoms with Gasteiger partial charge in [0.1, 0.15) is 0 Å². The monoisotopic (exact) mass is 251 g/mol. The van der Waals surface area contributed by atoms with Gasteiger partial charge in [0.2, 0.25) is 0 Å². The van der Waals surface area contributed by atoms with E-state index in [1.54, 1.807) is 0 Å². The quantitative estimate of drug-likeness (QED) is 0.817. The molecular weight excluding hydrogens is 230 g/mol. The van der Waals surface area contributed by atoms with E-state index in [4.69, 9.17) is 10.5 Å². The van der Waals surface area contributed by atoms with Gasteiger partial charge in [0, 0.05) is 18.1 Å². The predicted molar refractivity (Wildman–Crippen MR) is 73.3 cm³/mol. The van der Waals surface area contributed by atoms with Crippen LogP contribution in [0.3, 0.4) is 0 Å². The van der Waals surface area contributed by atoms with E-state index >= 15 is 0 Å². The fourth-order valence-electron chi connectivity index (χ4n) is 2.26. The smallest absolute Gasteiger partial charge is 0.0471 e. The third-order valence-electron chi connectivity index (χ3n) is 3.63. The van der Waals surface area contributed by atoms with Crippen molar-refractivity contribution in [2.24, 2.45) is 11.1 Å². The Morgan fingerprint density at radius 1 is 1.18 bits per heavy atom. The molecule has 0 aromatic heterocycles. The molecule has 1 heterocycles. The number of hydrogen-bond donors (Lipinski definition) is 1. The van der Waals surface area contributed by atoms with E-state index in [9.17, 15) is 0 Å². The number of rotatable bonds is 5. The van der Waals surface area contributed by atoms with Gasteiger partial charge in [-0.3, -0.25) is 0 Å². The second-order valence-corrected chi connectivity index (χ2v) is 5.90. The highest BCUT2D eigenvalue weighted by Crippen LogP contribution is 2.35. The Morgan fingerprint density at radius 3 is 2.53 bits per heavy atom. The van der Waals surface area contributed by atoms with Crippen LogP contribution >= 0.6 is 11.8 Å². The number of benzene rings is 1.